The molecule has 1 aliphatic rings. The van der Waals surface area contributed by atoms with Gasteiger partial charge < -0.3 is 15.1 Å². The number of anilines is 2. The first-order valence-electron chi connectivity index (χ1n) is 11.2. The summed E-state index contributed by atoms with van der Waals surface area (Å²) in [6, 6.07) is 15.6. The number of thiocarbonyl (C=S) groups is 1. The van der Waals surface area contributed by atoms with Crippen LogP contribution in [-0.4, -0.2) is 52.9 Å². The molecule has 37 heavy (non-hydrogen) atoms. The standard InChI is InChI=1S/C25H22ClN5O4S2/c26-20-9-3-17(16-21(20)31(34)35)4-10-23(32)28-25(36)27-18-5-7-19(8-6-18)29-11-13-30(14-12-29)24(33)22-2-1-15-37-22/h1-10,15-16H,11-14H2,(H2,27,28,32,36)/b10-4+. The van der Waals surface area contributed by atoms with Crippen molar-refractivity contribution in [2.45, 2.75) is 0 Å². The predicted molar refractivity (Wildman–Crippen MR) is 150 cm³/mol. The smallest absolute Gasteiger partial charge is 0.288 e. The molecule has 190 valence electrons. The number of rotatable bonds is 6. The lowest BCUT2D eigenvalue weighted by Crippen LogP contribution is -2.48. The molecule has 3 aromatic rings. The molecular formula is C25H22ClN5O4S2. The van der Waals surface area contributed by atoms with Crippen molar-refractivity contribution in [2.24, 2.45) is 0 Å². The highest BCUT2D eigenvalue weighted by Crippen LogP contribution is 2.25. The van der Waals surface area contributed by atoms with Gasteiger partial charge in [0, 0.05) is 49.7 Å². The third kappa shape index (κ3) is 6.91. The Morgan fingerprint density at radius 3 is 2.46 bits per heavy atom. The van der Waals surface area contributed by atoms with E-state index in [1.54, 1.807) is 6.07 Å². The van der Waals surface area contributed by atoms with Crippen LogP contribution in [-0.2, 0) is 4.79 Å². The van der Waals surface area contributed by atoms with Crippen molar-refractivity contribution in [2.75, 3.05) is 36.4 Å². The van der Waals surface area contributed by atoms with Crippen molar-refractivity contribution in [3.63, 3.8) is 0 Å². The van der Waals surface area contributed by atoms with Gasteiger partial charge in [-0.05, 0) is 65.6 Å². The van der Waals surface area contributed by atoms with Crippen LogP contribution in [0.2, 0.25) is 5.02 Å². The largest absolute Gasteiger partial charge is 0.368 e. The fourth-order valence-corrected chi connectivity index (χ4v) is 4.84. The fraction of sp³-hybridized carbons (Fsp3) is 0.160. The van der Waals surface area contributed by atoms with Gasteiger partial charge in [0.2, 0.25) is 5.91 Å². The van der Waals surface area contributed by atoms with E-state index >= 15 is 0 Å². The van der Waals surface area contributed by atoms with Crippen molar-refractivity contribution in [3.8, 4) is 0 Å². The Bertz CT molecular complexity index is 1340. The topological polar surface area (TPSA) is 108 Å². The predicted octanol–water partition coefficient (Wildman–Crippen LogP) is 4.80. The highest BCUT2D eigenvalue weighted by molar-refractivity contribution is 7.80. The number of benzene rings is 2. The fourth-order valence-electron chi connectivity index (χ4n) is 3.74. The number of nitro benzene ring substituents is 1. The van der Waals surface area contributed by atoms with E-state index in [0.717, 1.165) is 23.7 Å². The summed E-state index contributed by atoms with van der Waals surface area (Å²) in [5, 5.41) is 18.5. The van der Waals surface area contributed by atoms with E-state index in [2.05, 4.69) is 15.5 Å². The Kier molecular flexibility index (Phi) is 8.49. The number of hydrogen-bond donors (Lipinski definition) is 2. The third-order valence-corrected chi connectivity index (χ3v) is 7.00. The lowest BCUT2D eigenvalue weighted by molar-refractivity contribution is -0.384. The number of nitrogens with one attached hydrogen (secondary N) is 2. The van der Waals surface area contributed by atoms with Gasteiger partial charge in [0.1, 0.15) is 5.02 Å². The van der Waals surface area contributed by atoms with Crippen LogP contribution < -0.4 is 15.5 Å². The minimum atomic E-state index is -0.586. The molecule has 2 heterocycles. The molecule has 12 heteroatoms. The second-order valence-electron chi connectivity index (χ2n) is 8.05. The van der Waals surface area contributed by atoms with Crippen LogP contribution in [0.25, 0.3) is 6.08 Å². The molecule has 1 aromatic heterocycles. The van der Waals surface area contributed by atoms with Crippen LogP contribution in [0.1, 0.15) is 15.2 Å². The molecule has 1 fully saturated rings. The monoisotopic (exact) mass is 555 g/mol. The zero-order valence-corrected chi connectivity index (χ0v) is 21.8. The maximum Gasteiger partial charge on any atom is 0.288 e. The number of carbonyl (C=O) groups excluding carboxylic acids is 2. The van der Waals surface area contributed by atoms with Crippen molar-refractivity contribution < 1.29 is 14.5 Å². The number of nitro groups is 1. The van der Waals surface area contributed by atoms with Crippen molar-refractivity contribution in [3.05, 3.63) is 91.6 Å². The average molecular weight is 556 g/mol. The van der Waals surface area contributed by atoms with Gasteiger partial charge in [-0.15, -0.1) is 11.3 Å². The van der Waals surface area contributed by atoms with Crippen molar-refractivity contribution in [1.29, 1.82) is 0 Å². The number of nitrogens with zero attached hydrogens (tertiary/aromatic N) is 3. The minimum Gasteiger partial charge on any atom is -0.368 e. The van der Waals surface area contributed by atoms with E-state index in [0.29, 0.717) is 24.3 Å². The highest BCUT2D eigenvalue weighted by atomic mass is 35.5. The Morgan fingerprint density at radius 2 is 1.81 bits per heavy atom. The first kappa shape index (κ1) is 26.3. The molecule has 0 bridgehead atoms. The average Bonchev–Trinajstić information content (AvgIpc) is 3.43. The Labute approximate surface area is 227 Å². The van der Waals surface area contributed by atoms with Gasteiger partial charge in [0.05, 0.1) is 9.80 Å². The second-order valence-corrected chi connectivity index (χ2v) is 9.81. The normalized spacial score (nSPS) is 13.4. The maximum atomic E-state index is 12.5. The lowest BCUT2D eigenvalue weighted by atomic mass is 10.2. The van der Waals surface area contributed by atoms with Gasteiger partial charge in [-0.2, -0.15) is 0 Å². The summed E-state index contributed by atoms with van der Waals surface area (Å²) in [6.45, 7) is 2.79. The lowest BCUT2D eigenvalue weighted by Gasteiger charge is -2.36. The Hall–Kier alpha value is -3.80. The van der Waals surface area contributed by atoms with Crippen LogP contribution in [0.4, 0.5) is 17.1 Å². The summed E-state index contributed by atoms with van der Waals surface area (Å²) in [5.74, 6) is -0.407. The summed E-state index contributed by atoms with van der Waals surface area (Å²) in [4.78, 5) is 40.0. The molecule has 0 saturated carbocycles. The van der Waals surface area contributed by atoms with E-state index in [-0.39, 0.29) is 21.7 Å². The molecule has 0 radical (unpaired) electrons. The van der Waals surface area contributed by atoms with Crippen molar-refractivity contribution in [1.82, 2.24) is 10.2 Å². The molecule has 0 spiro atoms. The molecule has 9 nitrogen and oxygen atoms in total. The van der Waals surface area contributed by atoms with Gasteiger partial charge in [-0.25, -0.2) is 0 Å². The summed E-state index contributed by atoms with van der Waals surface area (Å²) in [5.41, 5.74) is 1.96. The van der Waals surface area contributed by atoms with E-state index < -0.39 is 10.8 Å². The van der Waals surface area contributed by atoms with Crippen LogP contribution in [0.3, 0.4) is 0 Å². The van der Waals surface area contributed by atoms with Gasteiger partial charge in [-0.3, -0.25) is 25.0 Å². The molecule has 2 amide bonds. The van der Waals surface area contributed by atoms with Gasteiger partial charge in [0.25, 0.3) is 11.6 Å². The van der Waals surface area contributed by atoms with Gasteiger partial charge >= 0.3 is 0 Å². The van der Waals surface area contributed by atoms with Crippen molar-refractivity contribution >= 4 is 75.2 Å². The number of thiophene rings is 1. The molecule has 0 unspecified atom stereocenters. The van der Waals surface area contributed by atoms with Crippen LogP contribution in [0.5, 0.6) is 0 Å². The number of piperazine rings is 1. The SMILES string of the molecule is O=C(/C=C/c1ccc(Cl)c([N+](=O)[O-])c1)NC(=S)Nc1ccc(N2CCN(C(=O)c3cccs3)CC2)cc1. The Balaban J connectivity index is 1.25. The third-order valence-electron chi connectivity index (χ3n) is 5.62. The number of halogens is 1. The van der Waals surface area contributed by atoms with Gasteiger partial charge in [0.15, 0.2) is 5.11 Å². The maximum absolute atomic E-state index is 12.5. The summed E-state index contributed by atoms with van der Waals surface area (Å²) >= 11 is 12.5. The zero-order chi connectivity index (χ0) is 26.4. The minimum absolute atomic E-state index is 0.0227. The number of carbonyl (C=O) groups is 2. The summed E-state index contributed by atoms with van der Waals surface area (Å²) in [6.07, 6.45) is 2.66. The molecule has 4 rings (SSSR count). The summed E-state index contributed by atoms with van der Waals surface area (Å²) < 4.78 is 0. The van der Waals surface area contributed by atoms with Crippen LogP contribution in [0.15, 0.2) is 66.1 Å². The quantitative estimate of drug-likeness (QED) is 0.195. The highest BCUT2D eigenvalue weighted by Gasteiger charge is 2.22. The van der Waals surface area contributed by atoms with E-state index in [1.807, 2.05) is 46.7 Å². The first-order chi connectivity index (χ1) is 17.8. The van der Waals surface area contributed by atoms with E-state index in [4.69, 9.17) is 23.8 Å². The van der Waals surface area contributed by atoms with E-state index in [9.17, 15) is 19.7 Å². The zero-order valence-electron chi connectivity index (χ0n) is 19.4. The molecule has 1 aliphatic heterocycles. The molecule has 1 saturated heterocycles. The van der Waals surface area contributed by atoms with E-state index in [1.165, 1.54) is 35.6 Å². The number of hydrogen-bond acceptors (Lipinski definition) is 7. The molecule has 0 atom stereocenters. The van der Waals surface area contributed by atoms with Crippen LogP contribution >= 0.6 is 35.2 Å². The Morgan fingerprint density at radius 1 is 1.08 bits per heavy atom. The molecule has 2 N–H and O–H groups in total. The first-order valence-corrected chi connectivity index (χ1v) is 12.9. The molecule has 0 aliphatic carbocycles. The molecular weight excluding hydrogens is 534 g/mol. The van der Waals surface area contributed by atoms with Crippen LogP contribution in [0, 0.1) is 10.1 Å². The summed E-state index contributed by atoms with van der Waals surface area (Å²) in [7, 11) is 0. The molecule has 2 aromatic carbocycles. The second kappa shape index (κ2) is 12.0. The number of amides is 2. The van der Waals surface area contributed by atoms with Gasteiger partial charge in [-0.1, -0.05) is 23.7 Å².